The standard InChI is InChI=1S/C17H18N4O2/c1-11-9-10-14(16(18)19-11)21-20-13-7-2-3-8-15(13)23-17(22)12-5-4-6-12/h2-3,7-10,12H,4-6H2,1H3,(H2,18,19). The Morgan fingerprint density at radius 2 is 1.91 bits per heavy atom. The van der Waals surface area contributed by atoms with Crippen LogP contribution in [0.5, 0.6) is 5.75 Å². The number of hydrogen-bond acceptors (Lipinski definition) is 6. The van der Waals surface area contributed by atoms with Crippen LogP contribution in [-0.4, -0.2) is 11.0 Å². The van der Waals surface area contributed by atoms with E-state index in [2.05, 4.69) is 15.2 Å². The summed E-state index contributed by atoms with van der Waals surface area (Å²) in [6.45, 7) is 1.85. The van der Waals surface area contributed by atoms with Crippen LogP contribution in [0.25, 0.3) is 0 Å². The van der Waals surface area contributed by atoms with E-state index < -0.39 is 0 Å². The van der Waals surface area contributed by atoms with Gasteiger partial charge in [0.25, 0.3) is 0 Å². The van der Waals surface area contributed by atoms with Crippen molar-refractivity contribution in [1.29, 1.82) is 0 Å². The predicted molar refractivity (Wildman–Crippen MR) is 87.0 cm³/mol. The number of aryl methyl sites for hydroxylation is 1. The zero-order chi connectivity index (χ0) is 16.2. The molecule has 2 aromatic rings. The van der Waals surface area contributed by atoms with Crippen molar-refractivity contribution in [3.05, 3.63) is 42.1 Å². The molecule has 1 aliphatic rings. The third kappa shape index (κ3) is 3.53. The van der Waals surface area contributed by atoms with Gasteiger partial charge in [0.05, 0.1) is 5.92 Å². The molecule has 0 aliphatic heterocycles. The van der Waals surface area contributed by atoms with Gasteiger partial charge in [0, 0.05) is 5.69 Å². The quantitative estimate of drug-likeness (QED) is 0.523. The fourth-order valence-electron chi connectivity index (χ4n) is 2.22. The van der Waals surface area contributed by atoms with E-state index in [1.54, 1.807) is 24.3 Å². The predicted octanol–water partition coefficient (Wildman–Crippen LogP) is 4.09. The first-order chi connectivity index (χ1) is 11.1. The number of carbonyl (C=O) groups is 1. The molecule has 1 saturated carbocycles. The monoisotopic (exact) mass is 310 g/mol. The number of nitrogen functional groups attached to an aromatic ring is 1. The molecule has 6 heteroatoms. The lowest BCUT2D eigenvalue weighted by Gasteiger charge is -2.23. The summed E-state index contributed by atoms with van der Waals surface area (Å²) in [6, 6.07) is 10.6. The van der Waals surface area contributed by atoms with Gasteiger partial charge in [-0.05, 0) is 44.0 Å². The van der Waals surface area contributed by atoms with Gasteiger partial charge in [-0.15, -0.1) is 10.2 Å². The average molecular weight is 310 g/mol. The van der Waals surface area contributed by atoms with Gasteiger partial charge in [0.15, 0.2) is 11.6 Å². The van der Waals surface area contributed by atoms with Crippen LogP contribution in [0.4, 0.5) is 17.2 Å². The molecule has 118 valence electrons. The normalized spacial score (nSPS) is 14.7. The number of hydrogen-bond donors (Lipinski definition) is 1. The molecule has 6 nitrogen and oxygen atoms in total. The SMILES string of the molecule is Cc1ccc(N=Nc2ccccc2OC(=O)C2CCC2)c(N)n1. The van der Waals surface area contributed by atoms with Crippen LogP contribution < -0.4 is 10.5 Å². The fraction of sp³-hybridized carbons (Fsp3) is 0.294. The highest BCUT2D eigenvalue weighted by Crippen LogP contribution is 2.33. The van der Waals surface area contributed by atoms with Crippen LogP contribution in [0.1, 0.15) is 25.0 Å². The van der Waals surface area contributed by atoms with E-state index >= 15 is 0 Å². The van der Waals surface area contributed by atoms with Gasteiger partial charge < -0.3 is 10.5 Å². The second-order valence-corrected chi connectivity index (χ2v) is 5.57. The molecule has 0 amide bonds. The highest BCUT2D eigenvalue weighted by Gasteiger charge is 2.27. The van der Waals surface area contributed by atoms with Crippen molar-refractivity contribution in [3.8, 4) is 5.75 Å². The summed E-state index contributed by atoms with van der Waals surface area (Å²) in [7, 11) is 0. The van der Waals surface area contributed by atoms with Gasteiger partial charge in [-0.2, -0.15) is 0 Å². The van der Waals surface area contributed by atoms with E-state index in [0.717, 1.165) is 25.0 Å². The summed E-state index contributed by atoms with van der Waals surface area (Å²) in [6.07, 6.45) is 2.88. The Morgan fingerprint density at radius 1 is 1.17 bits per heavy atom. The van der Waals surface area contributed by atoms with E-state index in [9.17, 15) is 4.79 Å². The highest BCUT2D eigenvalue weighted by molar-refractivity contribution is 5.77. The lowest BCUT2D eigenvalue weighted by Crippen LogP contribution is -2.26. The Labute approximate surface area is 134 Å². The maximum atomic E-state index is 12.0. The third-order valence-electron chi connectivity index (χ3n) is 3.82. The number of azo groups is 1. The molecule has 1 heterocycles. The number of para-hydroxylation sites is 1. The van der Waals surface area contributed by atoms with Gasteiger partial charge in [-0.25, -0.2) is 4.98 Å². The lowest BCUT2D eigenvalue weighted by atomic mass is 9.86. The van der Waals surface area contributed by atoms with Crippen LogP contribution in [0.15, 0.2) is 46.6 Å². The molecule has 1 aromatic carbocycles. The van der Waals surface area contributed by atoms with Crippen LogP contribution in [-0.2, 0) is 4.79 Å². The number of nitrogens with zero attached hydrogens (tertiary/aromatic N) is 3. The molecule has 0 atom stereocenters. The van der Waals surface area contributed by atoms with Crippen molar-refractivity contribution in [3.63, 3.8) is 0 Å². The maximum Gasteiger partial charge on any atom is 0.314 e. The summed E-state index contributed by atoms with van der Waals surface area (Å²) in [5, 5.41) is 8.26. The zero-order valence-electron chi connectivity index (χ0n) is 12.9. The molecule has 3 rings (SSSR count). The number of ether oxygens (including phenoxy) is 1. The molecule has 1 aromatic heterocycles. The van der Waals surface area contributed by atoms with E-state index in [1.807, 2.05) is 19.1 Å². The van der Waals surface area contributed by atoms with Crippen LogP contribution in [0, 0.1) is 12.8 Å². The first kappa shape index (κ1) is 15.1. The molecular weight excluding hydrogens is 292 g/mol. The van der Waals surface area contributed by atoms with Gasteiger partial charge in [0.2, 0.25) is 0 Å². The largest absolute Gasteiger partial charge is 0.424 e. The Hall–Kier alpha value is -2.76. The molecule has 23 heavy (non-hydrogen) atoms. The van der Waals surface area contributed by atoms with E-state index in [-0.39, 0.29) is 11.9 Å². The minimum absolute atomic E-state index is 0.0111. The highest BCUT2D eigenvalue weighted by atomic mass is 16.5. The smallest absolute Gasteiger partial charge is 0.314 e. The first-order valence-electron chi connectivity index (χ1n) is 7.59. The van der Waals surface area contributed by atoms with Crippen molar-refractivity contribution < 1.29 is 9.53 Å². The van der Waals surface area contributed by atoms with Crippen molar-refractivity contribution in [2.45, 2.75) is 26.2 Å². The van der Waals surface area contributed by atoms with Gasteiger partial charge >= 0.3 is 5.97 Å². The molecule has 1 aliphatic carbocycles. The summed E-state index contributed by atoms with van der Waals surface area (Å²) in [5.74, 6) is 0.539. The molecule has 0 bridgehead atoms. The van der Waals surface area contributed by atoms with Gasteiger partial charge in [0.1, 0.15) is 11.4 Å². The summed E-state index contributed by atoms with van der Waals surface area (Å²) in [5.41, 5.74) is 7.60. The van der Waals surface area contributed by atoms with Crippen LogP contribution >= 0.6 is 0 Å². The second kappa shape index (κ2) is 6.56. The van der Waals surface area contributed by atoms with Gasteiger partial charge in [-0.3, -0.25) is 4.79 Å². The zero-order valence-corrected chi connectivity index (χ0v) is 12.9. The van der Waals surface area contributed by atoms with Crippen molar-refractivity contribution in [2.75, 3.05) is 5.73 Å². The fourth-order valence-corrected chi connectivity index (χ4v) is 2.22. The Balaban J connectivity index is 1.79. The lowest BCUT2D eigenvalue weighted by molar-refractivity contribution is -0.141. The van der Waals surface area contributed by atoms with E-state index in [4.69, 9.17) is 10.5 Å². The Bertz CT molecular complexity index is 754. The number of esters is 1. The molecule has 2 N–H and O–H groups in total. The summed E-state index contributed by atoms with van der Waals surface area (Å²) < 4.78 is 5.45. The number of rotatable bonds is 4. The number of nitrogens with two attached hydrogens (primary N) is 1. The van der Waals surface area contributed by atoms with E-state index in [1.165, 1.54) is 0 Å². The number of anilines is 1. The minimum Gasteiger partial charge on any atom is -0.424 e. The van der Waals surface area contributed by atoms with Crippen LogP contribution in [0.3, 0.4) is 0 Å². The first-order valence-corrected chi connectivity index (χ1v) is 7.59. The number of benzene rings is 1. The van der Waals surface area contributed by atoms with Crippen molar-refractivity contribution in [1.82, 2.24) is 4.98 Å². The Kier molecular flexibility index (Phi) is 4.32. The molecule has 0 saturated heterocycles. The second-order valence-electron chi connectivity index (χ2n) is 5.57. The summed E-state index contributed by atoms with van der Waals surface area (Å²) >= 11 is 0. The minimum atomic E-state index is -0.199. The Morgan fingerprint density at radius 3 is 2.61 bits per heavy atom. The van der Waals surface area contributed by atoms with Gasteiger partial charge in [-0.1, -0.05) is 18.6 Å². The third-order valence-corrected chi connectivity index (χ3v) is 3.82. The van der Waals surface area contributed by atoms with Crippen LogP contribution in [0.2, 0.25) is 0 Å². The number of carbonyl (C=O) groups excluding carboxylic acids is 1. The molecule has 0 spiro atoms. The van der Waals surface area contributed by atoms with E-state index in [0.29, 0.717) is 22.9 Å². The molecule has 0 unspecified atom stereocenters. The van der Waals surface area contributed by atoms with Crippen molar-refractivity contribution in [2.24, 2.45) is 16.1 Å². The number of pyridine rings is 1. The number of aromatic nitrogens is 1. The maximum absolute atomic E-state index is 12.0. The summed E-state index contributed by atoms with van der Waals surface area (Å²) in [4.78, 5) is 16.1. The topological polar surface area (TPSA) is 89.9 Å². The molecule has 1 fully saturated rings. The molecule has 0 radical (unpaired) electrons. The molecular formula is C17H18N4O2. The van der Waals surface area contributed by atoms with Crippen molar-refractivity contribution >= 4 is 23.2 Å². The average Bonchev–Trinajstić information content (AvgIpc) is 2.46.